The maximum absolute atomic E-state index is 2.70. The van der Waals surface area contributed by atoms with Gasteiger partial charge in [-0.05, 0) is 156 Å². The molecule has 2 heteroatoms. The van der Waals surface area contributed by atoms with E-state index >= 15 is 0 Å². The summed E-state index contributed by atoms with van der Waals surface area (Å²) >= 11 is 0. The van der Waals surface area contributed by atoms with Crippen LogP contribution in [0, 0.1) is 0 Å². The van der Waals surface area contributed by atoms with Crippen molar-refractivity contribution in [2.24, 2.45) is 0 Å². The van der Waals surface area contributed by atoms with Gasteiger partial charge in [0.2, 0.25) is 0 Å². The van der Waals surface area contributed by atoms with E-state index < -0.39 is 0 Å². The lowest BCUT2D eigenvalue weighted by atomic mass is 9.66. The van der Waals surface area contributed by atoms with E-state index in [1.54, 1.807) is 0 Å². The molecule has 2 fully saturated rings. The van der Waals surface area contributed by atoms with Gasteiger partial charge in [-0.3, -0.25) is 0 Å². The Morgan fingerprint density at radius 2 is 0.712 bits per heavy atom. The molecule has 6 aromatic carbocycles. The molecule has 0 aromatic heterocycles. The van der Waals surface area contributed by atoms with E-state index in [1.165, 1.54) is 143 Å². The standard InChI is InChI=1S/C57H60N2/c1-53(2)47-35-39(41-25-29-51-49(37-41)54(3)31-15-9-17-33-56(54,5)58(51)43-19-11-7-12-20-43)23-27-45(47)46-28-24-40(36-48(46)53)42-26-30-52-50(38-42)55(4)32-16-10-18-34-57(55,6)59(52)44-21-13-8-14-22-44/h7-8,11-14,19-30,35-38H,9-10,15-18,31-34H2,1-6H3. The minimum Gasteiger partial charge on any atom is -0.334 e. The molecule has 0 saturated heterocycles. The topological polar surface area (TPSA) is 6.48 Å². The van der Waals surface area contributed by atoms with Crippen LogP contribution in [-0.2, 0) is 16.2 Å². The van der Waals surface area contributed by atoms with Gasteiger partial charge in [0.25, 0.3) is 0 Å². The first-order valence-corrected chi connectivity index (χ1v) is 22.8. The van der Waals surface area contributed by atoms with Crippen LogP contribution in [0.25, 0.3) is 33.4 Å². The summed E-state index contributed by atoms with van der Waals surface area (Å²) in [6.45, 7) is 15.1. The first-order chi connectivity index (χ1) is 28.5. The Bertz CT molecular complexity index is 2440. The van der Waals surface area contributed by atoms with Gasteiger partial charge in [-0.1, -0.05) is 139 Å². The van der Waals surface area contributed by atoms with E-state index in [2.05, 4.69) is 185 Å². The molecule has 2 heterocycles. The molecular weight excluding hydrogens is 713 g/mol. The van der Waals surface area contributed by atoms with E-state index in [-0.39, 0.29) is 27.3 Å². The Morgan fingerprint density at radius 1 is 0.356 bits per heavy atom. The summed E-state index contributed by atoms with van der Waals surface area (Å²) in [6, 6.07) is 51.8. The first kappa shape index (κ1) is 37.0. The number of hydrogen-bond acceptors (Lipinski definition) is 2. The van der Waals surface area contributed by atoms with Crippen molar-refractivity contribution < 1.29 is 0 Å². The van der Waals surface area contributed by atoms with Gasteiger partial charge in [-0.15, -0.1) is 0 Å². The predicted octanol–water partition coefficient (Wildman–Crippen LogP) is 15.6. The minimum atomic E-state index is -0.115. The number of nitrogens with zero attached hydrogens (tertiary/aromatic N) is 2. The molecule has 0 amide bonds. The molecule has 0 radical (unpaired) electrons. The number of para-hydroxylation sites is 2. The van der Waals surface area contributed by atoms with Crippen molar-refractivity contribution in [2.75, 3.05) is 9.80 Å². The van der Waals surface area contributed by atoms with Gasteiger partial charge in [0, 0.05) is 39.0 Å². The molecule has 3 aliphatic carbocycles. The van der Waals surface area contributed by atoms with Gasteiger partial charge in [0.05, 0.1) is 11.1 Å². The quantitative estimate of drug-likeness (QED) is 0.176. The van der Waals surface area contributed by atoms with Gasteiger partial charge >= 0.3 is 0 Å². The zero-order valence-electron chi connectivity index (χ0n) is 36.2. The van der Waals surface area contributed by atoms with Gasteiger partial charge in [0.1, 0.15) is 0 Å². The Kier molecular flexibility index (Phi) is 8.12. The smallest absolute Gasteiger partial charge is 0.0517 e. The van der Waals surface area contributed by atoms with Gasteiger partial charge in [-0.25, -0.2) is 0 Å². The molecule has 11 rings (SSSR count). The highest BCUT2D eigenvalue weighted by Crippen LogP contribution is 2.62. The van der Waals surface area contributed by atoms with Crippen LogP contribution in [0.2, 0.25) is 0 Å². The molecule has 5 aliphatic rings. The molecule has 2 nitrogen and oxygen atoms in total. The fraction of sp³-hybridized carbons (Fsp3) is 0.368. The van der Waals surface area contributed by atoms with Crippen LogP contribution < -0.4 is 9.80 Å². The molecule has 0 N–H and O–H groups in total. The lowest BCUT2D eigenvalue weighted by molar-refractivity contribution is 0.261. The monoisotopic (exact) mass is 772 g/mol. The van der Waals surface area contributed by atoms with Crippen molar-refractivity contribution in [3.63, 3.8) is 0 Å². The second-order valence-corrected chi connectivity index (χ2v) is 20.3. The lowest BCUT2D eigenvalue weighted by Gasteiger charge is -2.46. The van der Waals surface area contributed by atoms with Crippen molar-refractivity contribution in [3.05, 3.63) is 156 Å². The third-order valence-corrected chi connectivity index (χ3v) is 17.1. The number of rotatable bonds is 4. The summed E-state index contributed by atoms with van der Waals surface area (Å²) in [4.78, 5) is 5.40. The van der Waals surface area contributed by atoms with E-state index in [0.717, 1.165) is 0 Å². The Hall–Kier alpha value is -5.08. The van der Waals surface area contributed by atoms with Gasteiger partial charge < -0.3 is 9.80 Å². The van der Waals surface area contributed by atoms with Crippen molar-refractivity contribution in [3.8, 4) is 33.4 Å². The average molecular weight is 773 g/mol. The molecule has 2 aliphatic heterocycles. The number of anilines is 4. The van der Waals surface area contributed by atoms with Crippen LogP contribution in [0.4, 0.5) is 22.7 Å². The summed E-state index contributed by atoms with van der Waals surface area (Å²) in [5.41, 5.74) is 19.6. The van der Waals surface area contributed by atoms with Crippen molar-refractivity contribution >= 4 is 22.7 Å². The fourth-order valence-corrected chi connectivity index (χ4v) is 13.2. The number of hydrogen-bond donors (Lipinski definition) is 0. The van der Waals surface area contributed by atoms with Crippen molar-refractivity contribution in [2.45, 2.75) is 133 Å². The molecule has 298 valence electrons. The van der Waals surface area contributed by atoms with Crippen molar-refractivity contribution in [1.82, 2.24) is 0 Å². The average Bonchev–Trinajstić information content (AvgIpc) is 3.53. The Morgan fingerprint density at radius 3 is 1.12 bits per heavy atom. The molecule has 2 saturated carbocycles. The van der Waals surface area contributed by atoms with Gasteiger partial charge in [0.15, 0.2) is 0 Å². The van der Waals surface area contributed by atoms with Crippen LogP contribution >= 0.6 is 0 Å². The summed E-state index contributed by atoms with van der Waals surface area (Å²) in [5, 5.41) is 0. The largest absolute Gasteiger partial charge is 0.334 e. The second kappa shape index (κ2) is 13.0. The maximum atomic E-state index is 2.70. The zero-order chi connectivity index (χ0) is 40.4. The highest BCUT2D eigenvalue weighted by atomic mass is 15.3. The molecule has 4 atom stereocenters. The van der Waals surface area contributed by atoms with Gasteiger partial charge in [-0.2, -0.15) is 0 Å². The van der Waals surface area contributed by atoms with E-state index in [4.69, 9.17) is 0 Å². The van der Waals surface area contributed by atoms with Crippen molar-refractivity contribution in [1.29, 1.82) is 0 Å². The van der Waals surface area contributed by atoms with Crippen LogP contribution in [0.1, 0.15) is 128 Å². The highest BCUT2D eigenvalue weighted by Gasteiger charge is 2.58. The van der Waals surface area contributed by atoms with E-state index in [1.807, 2.05) is 0 Å². The normalized spacial score (nSPS) is 27.5. The SMILES string of the molecule is CC1(C)c2cc(-c3ccc4c(c3)C3(C)CCCCCC3(C)N4c3ccccc3)ccc2-c2ccc(-c3ccc4c(c3)C3(C)CCCCCC3(C)N4c3ccccc3)cc21. The first-order valence-electron chi connectivity index (χ1n) is 22.8. The highest BCUT2D eigenvalue weighted by molar-refractivity contribution is 5.88. The molecule has 0 bridgehead atoms. The Labute approximate surface area is 353 Å². The zero-order valence-corrected chi connectivity index (χ0v) is 36.2. The predicted molar refractivity (Wildman–Crippen MR) is 250 cm³/mol. The van der Waals surface area contributed by atoms with Crippen LogP contribution in [0.15, 0.2) is 133 Å². The minimum absolute atomic E-state index is 0.0400. The second-order valence-electron chi connectivity index (χ2n) is 20.3. The van der Waals surface area contributed by atoms with E-state index in [9.17, 15) is 0 Å². The Balaban J connectivity index is 0.964. The third-order valence-electron chi connectivity index (χ3n) is 17.1. The third kappa shape index (κ3) is 5.04. The molecule has 59 heavy (non-hydrogen) atoms. The summed E-state index contributed by atoms with van der Waals surface area (Å²) in [5.74, 6) is 0. The molecule has 6 aromatic rings. The number of fused-ring (bicyclic) bond motifs is 9. The van der Waals surface area contributed by atoms with Crippen LogP contribution in [-0.4, -0.2) is 11.1 Å². The van der Waals surface area contributed by atoms with E-state index in [0.29, 0.717) is 0 Å². The fourth-order valence-electron chi connectivity index (χ4n) is 13.2. The van der Waals surface area contributed by atoms with Crippen LogP contribution in [0.5, 0.6) is 0 Å². The molecular formula is C57H60N2. The molecule has 4 unspecified atom stereocenters. The molecule has 0 spiro atoms. The summed E-state index contributed by atoms with van der Waals surface area (Å²) in [6.07, 6.45) is 12.7. The maximum Gasteiger partial charge on any atom is 0.0517 e. The van der Waals surface area contributed by atoms with Crippen LogP contribution in [0.3, 0.4) is 0 Å². The summed E-state index contributed by atoms with van der Waals surface area (Å²) < 4.78 is 0. The summed E-state index contributed by atoms with van der Waals surface area (Å²) in [7, 11) is 0. The number of benzene rings is 6. The lowest BCUT2D eigenvalue weighted by Crippen LogP contribution is -2.52.